The quantitative estimate of drug-likeness (QED) is 0.102. The van der Waals surface area contributed by atoms with E-state index in [1.54, 1.807) is 4.90 Å². The zero-order valence-corrected chi connectivity index (χ0v) is 27.2. The highest BCUT2D eigenvalue weighted by molar-refractivity contribution is 5.95. The van der Waals surface area contributed by atoms with E-state index in [0.29, 0.717) is 79.2 Å². The Morgan fingerprint density at radius 1 is 0.638 bits per heavy atom. The van der Waals surface area contributed by atoms with Crippen LogP contribution in [0.1, 0.15) is 36.0 Å². The number of fused-ring (bicyclic) bond motifs is 2. The van der Waals surface area contributed by atoms with Crippen LogP contribution in [-0.2, 0) is 54.1 Å². The molecule has 3 rings (SSSR count). The average molecular weight is 655 g/mol. The molecule has 2 aromatic carbocycles. The summed E-state index contributed by atoms with van der Waals surface area (Å²) in [7, 11) is 1.35. The smallest absolute Gasteiger partial charge is 0.307 e. The fourth-order valence-electron chi connectivity index (χ4n) is 4.36. The van der Waals surface area contributed by atoms with Crippen LogP contribution in [0.15, 0.2) is 48.5 Å². The van der Waals surface area contributed by atoms with Crippen LogP contribution in [-0.4, -0.2) is 111 Å². The predicted octanol–water partition coefficient (Wildman–Crippen LogP) is 2.49. The monoisotopic (exact) mass is 654 g/mol. The fraction of sp³-hybridized carbons (Fsp3) is 0.514. The highest BCUT2D eigenvalue weighted by Crippen LogP contribution is 2.25. The summed E-state index contributed by atoms with van der Waals surface area (Å²) in [6.07, 6.45) is 0.600. The fourth-order valence-corrected chi connectivity index (χ4v) is 4.36. The second kappa shape index (κ2) is 23.5. The van der Waals surface area contributed by atoms with Crippen molar-refractivity contribution in [2.45, 2.75) is 25.8 Å². The number of nitrogens with one attached hydrogen (secondary N) is 1. The summed E-state index contributed by atoms with van der Waals surface area (Å²) in [5.74, 6) is 5.85. The van der Waals surface area contributed by atoms with Crippen LogP contribution in [0.25, 0.3) is 0 Å². The Bertz CT molecular complexity index is 1290. The largest absolute Gasteiger partial charge is 0.469 e. The van der Waals surface area contributed by atoms with Gasteiger partial charge in [0.1, 0.15) is 0 Å². The van der Waals surface area contributed by atoms with E-state index in [1.807, 2.05) is 48.5 Å². The van der Waals surface area contributed by atoms with Crippen LogP contribution < -0.4 is 10.2 Å². The van der Waals surface area contributed by atoms with Gasteiger partial charge < -0.3 is 43.4 Å². The summed E-state index contributed by atoms with van der Waals surface area (Å²) in [5.41, 5.74) is 3.46. The molecule has 0 spiro atoms. The van der Waals surface area contributed by atoms with Crippen LogP contribution in [0.3, 0.4) is 0 Å². The maximum atomic E-state index is 13.2. The van der Waals surface area contributed by atoms with Crippen LogP contribution in [0, 0.1) is 11.8 Å². The lowest BCUT2D eigenvalue weighted by atomic mass is 10.0. The number of carbonyl (C=O) groups is 3. The topological polar surface area (TPSA) is 131 Å². The minimum absolute atomic E-state index is 0.0837. The van der Waals surface area contributed by atoms with Crippen molar-refractivity contribution in [2.75, 3.05) is 97.8 Å². The predicted molar refractivity (Wildman–Crippen MR) is 174 cm³/mol. The summed E-state index contributed by atoms with van der Waals surface area (Å²) >= 11 is 0. The molecule has 0 saturated carbocycles. The van der Waals surface area contributed by atoms with Crippen molar-refractivity contribution in [2.24, 2.45) is 0 Å². The number of amides is 2. The molecule has 0 saturated heterocycles. The van der Waals surface area contributed by atoms with E-state index in [-0.39, 0.29) is 50.2 Å². The Kier molecular flexibility index (Phi) is 18.8. The Balaban J connectivity index is 1.12. The van der Waals surface area contributed by atoms with Gasteiger partial charge >= 0.3 is 5.97 Å². The van der Waals surface area contributed by atoms with Crippen molar-refractivity contribution in [3.8, 4) is 11.8 Å². The molecule has 0 unspecified atom stereocenters. The van der Waals surface area contributed by atoms with Crippen molar-refractivity contribution in [3.63, 3.8) is 0 Å². The molecule has 12 nitrogen and oxygen atoms in total. The zero-order chi connectivity index (χ0) is 33.4. The summed E-state index contributed by atoms with van der Waals surface area (Å²) < 4.78 is 37.0. The summed E-state index contributed by atoms with van der Waals surface area (Å²) in [6, 6.07) is 15.4. The first-order valence-electron chi connectivity index (χ1n) is 15.9. The average Bonchev–Trinajstić information content (AvgIpc) is 3.08. The molecule has 0 atom stereocenters. The molecule has 1 heterocycles. The van der Waals surface area contributed by atoms with Gasteiger partial charge in [0, 0.05) is 30.5 Å². The van der Waals surface area contributed by atoms with Gasteiger partial charge in [-0.1, -0.05) is 42.2 Å². The number of hydrogen-bond donors (Lipinski definition) is 1. The van der Waals surface area contributed by atoms with Crippen molar-refractivity contribution in [1.29, 1.82) is 0 Å². The van der Waals surface area contributed by atoms with Crippen molar-refractivity contribution >= 4 is 23.5 Å². The normalized spacial score (nSPS) is 11.8. The van der Waals surface area contributed by atoms with Crippen LogP contribution in [0.4, 0.5) is 5.69 Å². The van der Waals surface area contributed by atoms with Crippen molar-refractivity contribution in [1.82, 2.24) is 5.32 Å². The first-order chi connectivity index (χ1) is 23.1. The molecule has 1 aliphatic heterocycles. The second-order valence-electron chi connectivity index (χ2n) is 10.3. The van der Waals surface area contributed by atoms with Gasteiger partial charge in [-0.25, -0.2) is 0 Å². The van der Waals surface area contributed by atoms with Gasteiger partial charge in [0.2, 0.25) is 11.8 Å². The van der Waals surface area contributed by atoms with E-state index in [9.17, 15) is 14.4 Å². The number of carbonyl (C=O) groups excluding carboxylic acids is 3. The van der Waals surface area contributed by atoms with Crippen molar-refractivity contribution < 1.29 is 47.5 Å². The van der Waals surface area contributed by atoms with E-state index in [4.69, 9.17) is 28.4 Å². The van der Waals surface area contributed by atoms with Gasteiger partial charge in [0.25, 0.3) is 0 Å². The number of benzene rings is 2. The van der Waals surface area contributed by atoms with Gasteiger partial charge in [-0.3, -0.25) is 14.4 Å². The molecule has 256 valence electrons. The lowest BCUT2D eigenvalue weighted by molar-refractivity contribution is -0.142. The Morgan fingerprint density at radius 2 is 1.13 bits per heavy atom. The molecule has 0 fully saturated rings. The number of hydrogen-bond acceptors (Lipinski definition) is 10. The number of anilines is 1. The summed E-state index contributed by atoms with van der Waals surface area (Å²) in [6.45, 7) is 5.50. The van der Waals surface area contributed by atoms with E-state index in [1.165, 1.54) is 7.11 Å². The first-order valence-corrected chi connectivity index (χ1v) is 15.9. The number of esters is 1. The second-order valence-corrected chi connectivity index (χ2v) is 10.3. The van der Waals surface area contributed by atoms with E-state index in [2.05, 4.69) is 21.9 Å². The van der Waals surface area contributed by atoms with E-state index in [0.717, 1.165) is 22.4 Å². The van der Waals surface area contributed by atoms with Crippen molar-refractivity contribution in [3.05, 3.63) is 65.2 Å². The van der Waals surface area contributed by atoms with Gasteiger partial charge in [0.05, 0.1) is 105 Å². The first kappa shape index (κ1) is 37.6. The maximum absolute atomic E-state index is 13.2. The maximum Gasteiger partial charge on any atom is 0.307 e. The SMILES string of the molecule is COC(=O)CCOCCOCCOCCOCCOCCOCCC(=O)NCCC(=O)N1Cc2ccccc2C#Cc2ccccc21. The van der Waals surface area contributed by atoms with Gasteiger partial charge in [0.15, 0.2) is 0 Å². The molecule has 1 aliphatic rings. The van der Waals surface area contributed by atoms with Gasteiger partial charge in [-0.2, -0.15) is 0 Å². The van der Waals surface area contributed by atoms with Crippen LogP contribution >= 0.6 is 0 Å². The van der Waals surface area contributed by atoms with Crippen LogP contribution in [0.2, 0.25) is 0 Å². The molecular formula is C35H46N2O10. The third-order valence-electron chi connectivity index (χ3n) is 6.85. The Hall–Kier alpha value is -3.83. The minimum Gasteiger partial charge on any atom is -0.469 e. The lowest BCUT2D eigenvalue weighted by Crippen LogP contribution is -2.35. The number of ether oxygens (including phenoxy) is 7. The molecule has 1 N–H and O–H groups in total. The highest BCUT2D eigenvalue weighted by atomic mass is 16.6. The lowest BCUT2D eigenvalue weighted by Gasteiger charge is -2.26. The molecule has 0 radical (unpaired) electrons. The standard InChI is InChI=1S/C35H46N2O10/c1-41-35(40)14-17-43-19-21-45-23-25-47-27-26-46-24-22-44-20-18-42-16-13-33(38)36-15-12-34(39)37-28-31-8-3-2-6-29(31)10-11-30-7-4-5-9-32(30)37/h2-9H,12-28H2,1H3,(H,36,38). The van der Waals surface area contributed by atoms with Crippen LogP contribution in [0.5, 0.6) is 0 Å². The highest BCUT2D eigenvalue weighted by Gasteiger charge is 2.21. The number of rotatable bonds is 24. The summed E-state index contributed by atoms with van der Waals surface area (Å²) in [4.78, 5) is 38.2. The van der Waals surface area contributed by atoms with E-state index < -0.39 is 0 Å². The third kappa shape index (κ3) is 15.5. The van der Waals surface area contributed by atoms with Gasteiger partial charge in [-0.15, -0.1) is 0 Å². The molecule has 12 heteroatoms. The molecule has 2 amide bonds. The van der Waals surface area contributed by atoms with E-state index >= 15 is 0 Å². The molecule has 0 aromatic heterocycles. The number of methoxy groups -OCH3 is 1. The Labute approximate surface area is 276 Å². The minimum atomic E-state index is -0.297. The molecule has 2 aromatic rings. The molecule has 0 aliphatic carbocycles. The van der Waals surface area contributed by atoms with Gasteiger partial charge in [-0.05, 0) is 23.8 Å². The molecule has 47 heavy (non-hydrogen) atoms. The number of nitrogens with zero attached hydrogens (tertiary/aromatic N) is 1. The zero-order valence-electron chi connectivity index (χ0n) is 27.2. The Morgan fingerprint density at radius 3 is 1.72 bits per heavy atom. The molecular weight excluding hydrogens is 608 g/mol. The third-order valence-corrected chi connectivity index (χ3v) is 6.85. The molecule has 0 bridgehead atoms. The summed E-state index contributed by atoms with van der Waals surface area (Å²) in [5, 5.41) is 2.81. The number of para-hydroxylation sites is 1.